The number of carbonyl (C=O) groups is 2. The quantitative estimate of drug-likeness (QED) is 0.789. The van der Waals surface area contributed by atoms with Gasteiger partial charge in [-0.05, 0) is 11.6 Å². The maximum Gasteiger partial charge on any atom is 0.355 e. The molecule has 0 saturated carbocycles. The third-order valence-electron chi connectivity index (χ3n) is 3.28. The van der Waals surface area contributed by atoms with Gasteiger partial charge in [0.05, 0.1) is 32.1 Å². The fourth-order valence-corrected chi connectivity index (χ4v) is 2.24. The van der Waals surface area contributed by atoms with Crippen LogP contribution in [0, 0.1) is 0 Å². The molecule has 0 aliphatic carbocycles. The number of methoxy groups -OCH3 is 2. The van der Waals surface area contributed by atoms with Crippen LogP contribution in [-0.2, 0) is 23.8 Å². The van der Waals surface area contributed by atoms with E-state index < -0.39 is 11.9 Å². The first-order chi connectivity index (χ1) is 10.6. The summed E-state index contributed by atoms with van der Waals surface area (Å²) in [4.78, 5) is 25.7. The topological polar surface area (TPSA) is 65.1 Å². The van der Waals surface area contributed by atoms with Crippen LogP contribution >= 0.6 is 0 Å². The van der Waals surface area contributed by atoms with Crippen molar-refractivity contribution in [2.45, 2.75) is 0 Å². The normalized spacial score (nSPS) is 14.5. The Morgan fingerprint density at radius 1 is 1.23 bits per heavy atom. The zero-order valence-electron chi connectivity index (χ0n) is 12.5. The number of para-hydroxylation sites is 1. The Morgan fingerprint density at radius 2 is 1.91 bits per heavy atom. The second kappa shape index (κ2) is 6.91. The van der Waals surface area contributed by atoms with E-state index in [4.69, 9.17) is 14.2 Å². The average molecular weight is 303 g/mol. The molecule has 0 spiro atoms. The fourth-order valence-electron chi connectivity index (χ4n) is 2.24. The monoisotopic (exact) mass is 303 g/mol. The molecular weight excluding hydrogens is 286 g/mol. The van der Waals surface area contributed by atoms with E-state index in [2.05, 4.69) is 6.58 Å². The van der Waals surface area contributed by atoms with Crippen molar-refractivity contribution in [3.63, 3.8) is 0 Å². The van der Waals surface area contributed by atoms with Crippen molar-refractivity contribution < 1.29 is 23.8 Å². The molecule has 0 unspecified atom stereocenters. The molecular formula is C16H17NO5. The molecule has 0 atom stereocenters. The number of esters is 2. The Kier molecular flexibility index (Phi) is 4.95. The van der Waals surface area contributed by atoms with E-state index in [0.29, 0.717) is 5.69 Å². The van der Waals surface area contributed by atoms with Gasteiger partial charge in [-0.15, -0.1) is 0 Å². The highest BCUT2D eigenvalue weighted by Gasteiger charge is 2.32. The average Bonchev–Trinajstić information content (AvgIpc) is 2.59. The number of anilines is 1. The van der Waals surface area contributed by atoms with Crippen LogP contribution < -0.4 is 4.90 Å². The van der Waals surface area contributed by atoms with Crippen molar-refractivity contribution in [2.75, 3.05) is 32.5 Å². The van der Waals surface area contributed by atoms with Crippen molar-refractivity contribution in [1.82, 2.24) is 0 Å². The van der Waals surface area contributed by atoms with Crippen molar-refractivity contribution in [2.24, 2.45) is 0 Å². The van der Waals surface area contributed by atoms with Crippen LogP contribution in [0.3, 0.4) is 0 Å². The lowest BCUT2D eigenvalue weighted by Gasteiger charge is -2.32. The van der Waals surface area contributed by atoms with Crippen molar-refractivity contribution >= 4 is 23.7 Å². The number of hydrogen-bond donors (Lipinski definition) is 0. The maximum absolute atomic E-state index is 12.2. The van der Waals surface area contributed by atoms with E-state index in [0.717, 1.165) is 5.56 Å². The lowest BCUT2D eigenvalue weighted by molar-refractivity contribution is -0.140. The van der Waals surface area contributed by atoms with Gasteiger partial charge >= 0.3 is 11.9 Å². The zero-order chi connectivity index (χ0) is 16.1. The molecule has 0 N–H and O–H groups in total. The highest BCUT2D eigenvalue weighted by Crippen LogP contribution is 2.29. The van der Waals surface area contributed by atoms with Gasteiger partial charge in [-0.2, -0.15) is 0 Å². The summed E-state index contributed by atoms with van der Waals surface area (Å²) in [6, 6.07) is 7.34. The molecule has 0 aromatic heterocycles. The van der Waals surface area contributed by atoms with E-state index in [-0.39, 0.29) is 24.6 Å². The Morgan fingerprint density at radius 3 is 2.55 bits per heavy atom. The van der Waals surface area contributed by atoms with Gasteiger partial charge in [0.15, 0.2) is 0 Å². The Balaban J connectivity index is 2.60. The van der Waals surface area contributed by atoms with Gasteiger partial charge in [0.25, 0.3) is 0 Å². The molecule has 6 nitrogen and oxygen atoms in total. The highest BCUT2D eigenvalue weighted by molar-refractivity contribution is 6.03. The SMILES string of the molecule is C=Cc1ccccc1N1COCC(C(=O)OC)=C1C(=O)OC. The molecule has 1 aliphatic heterocycles. The molecule has 0 saturated heterocycles. The van der Waals surface area contributed by atoms with Crippen molar-refractivity contribution in [1.29, 1.82) is 0 Å². The lowest BCUT2D eigenvalue weighted by atomic mass is 10.1. The van der Waals surface area contributed by atoms with Crippen LogP contribution in [-0.4, -0.2) is 39.5 Å². The van der Waals surface area contributed by atoms with Crippen LogP contribution in [0.5, 0.6) is 0 Å². The van der Waals surface area contributed by atoms with Gasteiger partial charge in [0.2, 0.25) is 0 Å². The number of carbonyl (C=O) groups excluding carboxylic acids is 2. The first-order valence-corrected chi connectivity index (χ1v) is 6.60. The third-order valence-corrected chi connectivity index (χ3v) is 3.28. The third kappa shape index (κ3) is 2.87. The maximum atomic E-state index is 12.2. The predicted molar refractivity (Wildman–Crippen MR) is 80.9 cm³/mol. The first kappa shape index (κ1) is 15.8. The molecule has 6 heteroatoms. The molecule has 1 aliphatic rings. The molecule has 22 heavy (non-hydrogen) atoms. The lowest BCUT2D eigenvalue weighted by Crippen LogP contribution is -2.39. The van der Waals surface area contributed by atoms with Gasteiger partial charge in [-0.1, -0.05) is 30.9 Å². The van der Waals surface area contributed by atoms with Crippen LogP contribution in [0.15, 0.2) is 42.1 Å². The zero-order valence-corrected chi connectivity index (χ0v) is 12.5. The summed E-state index contributed by atoms with van der Waals surface area (Å²) in [5.74, 6) is -1.25. The van der Waals surface area contributed by atoms with E-state index in [1.54, 1.807) is 11.0 Å². The second-order valence-electron chi connectivity index (χ2n) is 4.48. The summed E-state index contributed by atoms with van der Waals surface area (Å²) in [7, 11) is 2.51. The molecule has 0 radical (unpaired) electrons. The van der Waals surface area contributed by atoms with Crippen LogP contribution in [0.2, 0.25) is 0 Å². The number of rotatable bonds is 4. The molecule has 1 aromatic rings. The second-order valence-corrected chi connectivity index (χ2v) is 4.48. The summed E-state index contributed by atoms with van der Waals surface area (Å²) in [5.41, 5.74) is 1.74. The Labute approximate surface area is 128 Å². The molecule has 1 heterocycles. The van der Waals surface area contributed by atoms with E-state index in [1.807, 2.05) is 24.3 Å². The van der Waals surface area contributed by atoms with Crippen molar-refractivity contribution in [3.8, 4) is 0 Å². The summed E-state index contributed by atoms with van der Waals surface area (Å²) in [6.45, 7) is 3.87. The van der Waals surface area contributed by atoms with E-state index in [1.165, 1.54) is 14.2 Å². The van der Waals surface area contributed by atoms with Crippen LogP contribution in [0.4, 0.5) is 5.69 Å². The van der Waals surface area contributed by atoms with Crippen LogP contribution in [0.1, 0.15) is 5.56 Å². The number of hydrogen-bond acceptors (Lipinski definition) is 6. The van der Waals surface area contributed by atoms with Crippen LogP contribution in [0.25, 0.3) is 6.08 Å². The number of nitrogens with zero attached hydrogens (tertiary/aromatic N) is 1. The molecule has 0 amide bonds. The van der Waals surface area contributed by atoms with Gasteiger partial charge in [0.1, 0.15) is 12.4 Å². The predicted octanol–water partition coefficient (Wildman–Crippen LogP) is 1.72. The molecule has 0 fully saturated rings. The molecule has 1 aromatic carbocycles. The summed E-state index contributed by atoms with van der Waals surface area (Å²) in [5, 5.41) is 0. The first-order valence-electron chi connectivity index (χ1n) is 6.60. The van der Waals surface area contributed by atoms with Gasteiger partial charge in [-0.25, -0.2) is 9.59 Å². The highest BCUT2D eigenvalue weighted by atomic mass is 16.5. The summed E-state index contributed by atoms with van der Waals surface area (Å²) < 4.78 is 15.0. The number of benzene rings is 1. The van der Waals surface area contributed by atoms with Gasteiger partial charge in [-0.3, -0.25) is 0 Å². The largest absolute Gasteiger partial charge is 0.466 e. The minimum Gasteiger partial charge on any atom is -0.466 e. The van der Waals surface area contributed by atoms with Crippen molar-refractivity contribution in [3.05, 3.63) is 47.7 Å². The number of ether oxygens (including phenoxy) is 3. The Bertz CT molecular complexity index is 635. The standard InChI is InChI=1S/C16H17NO5/c1-4-11-7-5-6-8-13(11)17-10-22-9-12(15(18)20-2)14(17)16(19)21-3/h4-8H,1,9-10H2,2-3H3. The van der Waals surface area contributed by atoms with Gasteiger partial charge < -0.3 is 19.1 Å². The van der Waals surface area contributed by atoms with Gasteiger partial charge in [0, 0.05) is 0 Å². The smallest absolute Gasteiger partial charge is 0.355 e. The molecule has 116 valence electrons. The fraction of sp³-hybridized carbons (Fsp3) is 0.250. The minimum absolute atomic E-state index is 0.0101. The minimum atomic E-state index is -0.624. The molecule has 2 rings (SSSR count). The van der Waals surface area contributed by atoms with E-state index >= 15 is 0 Å². The van der Waals surface area contributed by atoms with E-state index in [9.17, 15) is 9.59 Å². The Hall–Kier alpha value is -2.60. The summed E-state index contributed by atoms with van der Waals surface area (Å²) in [6.07, 6.45) is 1.66. The molecule has 0 bridgehead atoms. The summed E-state index contributed by atoms with van der Waals surface area (Å²) >= 11 is 0.